The summed E-state index contributed by atoms with van der Waals surface area (Å²) < 4.78 is 5.43. The zero-order valence-electron chi connectivity index (χ0n) is 28.8. The van der Waals surface area contributed by atoms with Gasteiger partial charge >= 0.3 is 5.97 Å². The second kappa shape index (κ2) is 37.5. The number of unbranched alkanes of at least 4 members (excludes halogenated alkanes) is 32. The Kier molecular flexibility index (Phi) is 37.0. The van der Waals surface area contributed by atoms with Crippen molar-refractivity contribution in [3.8, 4) is 0 Å². The van der Waals surface area contributed by atoms with Crippen LogP contribution >= 0.6 is 0 Å². The third-order valence-corrected chi connectivity index (χ3v) is 9.00. The highest BCUT2D eigenvalue weighted by Crippen LogP contribution is 2.16. The summed E-state index contributed by atoms with van der Waals surface area (Å²) in [5.74, 6) is 0.0275. The van der Waals surface area contributed by atoms with Crippen molar-refractivity contribution in [3.63, 3.8) is 0 Å². The fraction of sp³-hybridized carbons (Fsp3) is 0.974. The first-order valence-electron chi connectivity index (χ1n) is 19.5. The van der Waals surface area contributed by atoms with Gasteiger partial charge in [0.05, 0.1) is 6.61 Å². The van der Waals surface area contributed by atoms with Crippen molar-refractivity contribution in [1.29, 1.82) is 0 Å². The van der Waals surface area contributed by atoms with E-state index in [0.717, 1.165) is 12.8 Å². The fourth-order valence-corrected chi connectivity index (χ4v) is 6.08. The first-order valence-corrected chi connectivity index (χ1v) is 19.5. The van der Waals surface area contributed by atoms with Crippen LogP contribution < -0.4 is 0 Å². The van der Waals surface area contributed by atoms with Gasteiger partial charge in [-0.3, -0.25) is 4.79 Å². The van der Waals surface area contributed by atoms with Gasteiger partial charge in [-0.25, -0.2) is 0 Å². The van der Waals surface area contributed by atoms with Crippen LogP contribution in [0.5, 0.6) is 0 Å². The van der Waals surface area contributed by atoms with Crippen molar-refractivity contribution in [3.05, 3.63) is 0 Å². The van der Waals surface area contributed by atoms with E-state index in [1.807, 2.05) is 0 Å². The quantitative estimate of drug-likeness (QED) is 0.0546. The summed E-state index contributed by atoms with van der Waals surface area (Å²) in [6.45, 7) is 5.21. The minimum absolute atomic E-state index is 0.0275. The number of ether oxygens (including phenoxy) is 1. The van der Waals surface area contributed by atoms with E-state index >= 15 is 0 Å². The summed E-state index contributed by atoms with van der Waals surface area (Å²) >= 11 is 0. The van der Waals surface area contributed by atoms with Crippen LogP contribution in [0.2, 0.25) is 0 Å². The van der Waals surface area contributed by atoms with E-state index < -0.39 is 0 Å². The Hall–Kier alpha value is -0.530. The van der Waals surface area contributed by atoms with Gasteiger partial charge in [0.2, 0.25) is 0 Å². The lowest BCUT2D eigenvalue weighted by molar-refractivity contribution is -0.143. The maximum Gasteiger partial charge on any atom is 0.305 e. The Balaban J connectivity index is 3.12. The third kappa shape index (κ3) is 37.4. The topological polar surface area (TPSA) is 26.3 Å². The standard InChI is InChI=1S/C39H78O2/c1-3-5-7-9-11-13-15-16-17-18-19-20-21-22-23-24-25-26-27-28-29-31-33-35-37-39(40)41-38-36-34-32-30-14-12-10-8-6-4-2/h3-38H2,1-2H3. The molecule has 0 fully saturated rings. The van der Waals surface area contributed by atoms with E-state index in [-0.39, 0.29) is 5.97 Å². The summed E-state index contributed by atoms with van der Waals surface area (Å²) in [7, 11) is 0. The van der Waals surface area contributed by atoms with Gasteiger partial charge in [0.15, 0.2) is 0 Å². The molecule has 0 aromatic carbocycles. The van der Waals surface area contributed by atoms with Crippen LogP contribution in [0.4, 0.5) is 0 Å². The van der Waals surface area contributed by atoms with Crippen LogP contribution in [-0.2, 0) is 9.53 Å². The van der Waals surface area contributed by atoms with E-state index in [1.54, 1.807) is 0 Å². The average molecular weight is 579 g/mol. The Morgan fingerprint density at radius 1 is 0.317 bits per heavy atom. The first kappa shape index (κ1) is 40.5. The summed E-state index contributed by atoms with van der Waals surface area (Å²) in [6, 6.07) is 0. The molecule has 0 rings (SSSR count). The molecule has 0 bridgehead atoms. The normalized spacial score (nSPS) is 11.4. The van der Waals surface area contributed by atoms with Crippen LogP contribution in [0.15, 0.2) is 0 Å². The minimum Gasteiger partial charge on any atom is -0.466 e. The van der Waals surface area contributed by atoms with Gasteiger partial charge in [-0.1, -0.05) is 219 Å². The van der Waals surface area contributed by atoms with Gasteiger partial charge < -0.3 is 4.74 Å². The second-order valence-electron chi connectivity index (χ2n) is 13.3. The van der Waals surface area contributed by atoms with Crippen LogP contribution in [-0.4, -0.2) is 12.6 Å². The summed E-state index contributed by atoms with van der Waals surface area (Å²) in [5, 5.41) is 0. The van der Waals surface area contributed by atoms with E-state index in [1.165, 1.54) is 205 Å². The van der Waals surface area contributed by atoms with E-state index in [9.17, 15) is 4.79 Å². The van der Waals surface area contributed by atoms with Crippen molar-refractivity contribution >= 4 is 5.97 Å². The molecule has 0 spiro atoms. The molecule has 0 aliphatic rings. The number of carbonyl (C=O) groups is 1. The maximum atomic E-state index is 11.9. The van der Waals surface area contributed by atoms with Gasteiger partial charge in [-0.05, 0) is 12.8 Å². The van der Waals surface area contributed by atoms with Gasteiger partial charge in [0.1, 0.15) is 0 Å². The molecule has 2 heteroatoms. The average Bonchev–Trinajstić information content (AvgIpc) is 2.98. The third-order valence-electron chi connectivity index (χ3n) is 9.00. The highest BCUT2D eigenvalue weighted by molar-refractivity contribution is 5.69. The number of esters is 1. The predicted molar refractivity (Wildman–Crippen MR) is 184 cm³/mol. The van der Waals surface area contributed by atoms with Crippen LogP contribution in [0.1, 0.15) is 239 Å². The highest BCUT2D eigenvalue weighted by Gasteiger charge is 2.03. The second-order valence-corrected chi connectivity index (χ2v) is 13.3. The largest absolute Gasteiger partial charge is 0.466 e. The van der Waals surface area contributed by atoms with Gasteiger partial charge in [-0.15, -0.1) is 0 Å². The lowest BCUT2D eigenvalue weighted by atomic mass is 10.0. The molecule has 2 nitrogen and oxygen atoms in total. The maximum absolute atomic E-state index is 11.9. The highest BCUT2D eigenvalue weighted by atomic mass is 16.5. The lowest BCUT2D eigenvalue weighted by Crippen LogP contribution is -2.05. The Morgan fingerprint density at radius 2 is 0.537 bits per heavy atom. The van der Waals surface area contributed by atoms with Crippen molar-refractivity contribution < 1.29 is 9.53 Å². The molecule has 0 saturated carbocycles. The smallest absolute Gasteiger partial charge is 0.305 e. The lowest BCUT2D eigenvalue weighted by Gasteiger charge is -2.06. The summed E-state index contributed by atoms with van der Waals surface area (Å²) in [6.07, 6.45) is 47.6. The molecule has 0 N–H and O–H groups in total. The molecule has 0 unspecified atom stereocenters. The van der Waals surface area contributed by atoms with E-state index in [4.69, 9.17) is 4.74 Å². The van der Waals surface area contributed by atoms with Gasteiger partial charge in [0, 0.05) is 6.42 Å². The number of rotatable bonds is 36. The molecule has 246 valence electrons. The molecular weight excluding hydrogens is 500 g/mol. The molecule has 0 radical (unpaired) electrons. The minimum atomic E-state index is 0.0275. The molecule has 41 heavy (non-hydrogen) atoms. The number of carbonyl (C=O) groups excluding carboxylic acids is 1. The first-order chi connectivity index (χ1) is 20.3. The van der Waals surface area contributed by atoms with E-state index in [0.29, 0.717) is 13.0 Å². The van der Waals surface area contributed by atoms with Crippen molar-refractivity contribution in [2.75, 3.05) is 6.61 Å². The number of hydrogen-bond acceptors (Lipinski definition) is 2. The fourth-order valence-electron chi connectivity index (χ4n) is 6.08. The molecule has 0 amide bonds. The SMILES string of the molecule is CCCCCCCCCCCCCCCCCCCCCCCCCCC(=O)OCCCCCCCCCCCC. The Morgan fingerprint density at radius 3 is 0.805 bits per heavy atom. The van der Waals surface area contributed by atoms with E-state index in [2.05, 4.69) is 13.8 Å². The molecular formula is C39H78O2. The molecule has 0 heterocycles. The van der Waals surface area contributed by atoms with Crippen LogP contribution in [0.3, 0.4) is 0 Å². The molecule has 0 aromatic rings. The van der Waals surface area contributed by atoms with Gasteiger partial charge in [-0.2, -0.15) is 0 Å². The summed E-state index contributed by atoms with van der Waals surface area (Å²) in [4.78, 5) is 11.9. The van der Waals surface area contributed by atoms with Crippen molar-refractivity contribution in [2.45, 2.75) is 239 Å². The molecule has 0 aliphatic heterocycles. The summed E-state index contributed by atoms with van der Waals surface area (Å²) in [5.41, 5.74) is 0. The van der Waals surface area contributed by atoms with Crippen LogP contribution in [0, 0.1) is 0 Å². The zero-order valence-corrected chi connectivity index (χ0v) is 28.8. The molecule has 0 atom stereocenters. The molecule has 0 saturated heterocycles. The van der Waals surface area contributed by atoms with Crippen molar-refractivity contribution in [2.24, 2.45) is 0 Å². The monoisotopic (exact) mass is 579 g/mol. The number of hydrogen-bond donors (Lipinski definition) is 0. The zero-order chi connectivity index (χ0) is 29.7. The van der Waals surface area contributed by atoms with Gasteiger partial charge in [0.25, 0.3) is 0 Å². The Bertz CT molecular complexity index is 474. The van der Waals surface area contributed by atoms with Crippen molar-refractivity contribution in [1.82, 2.24) is 0 Å². The molecule has 0 aliphatic carbocycles. The Labute approximate surface area is 260 Å². The predicted octanol–water partition coefficient (Wildman–Crippen LogP) is 14.2. The molecule has 0 aromatic heterocycles. The van der Waals surface area contributed by atoms with Crippen LogP contribution in [0.25, 0.3) is 0 Å².